The minimum absolute atomic E-state index is 0.00322. The summed E-state index contributed by atoms with van der Waals surface area (Å²) < 4.78 is 7.01. The summed E-state index contributed by atoms with van der Waals surface area (Å²) in [6.45, 7) is 9.79. The fourth-order valence-electron chi connectivity index (χ4n) is 4.09. The van der Waals surface area contributed by atoms with E-state index < -0.39 is 6.10 Å². The highest BCUT2D eigenvalue weighted by atomic mass is 16.5. The number of nitrogens with zero attached hydrogens (tertiary/aromatic N) is 3. The summed E-state index contributed by atoms with van der Waals surface area (Å²) in [6.07, 6.45) is 0.357. The van der Waals surface area contributed by atoms with Crippen molar-refractivity contribution >= 4 is 5.91 Å². The third kappa shape index (κ3) is 3.56. The second kappa shape index (κ2) is 7.90. The van der Waals surface area contributed by atoms with Crippen LogP contribution in [0.5, 0.6) is 0 Å². The molecule has 0 bridgehead atoms. The first-order valence-electron chi connectivity index (χ1n) is 9.44. The van der Waals surface area contributed by atoms with Gasteiger partial charge < -0.3 is 19.3 Å². The lowest BCUT2D eigenvalue weighted by atomic mass is 10.1. The summed E-state index contributed by atoms with van der Waals surface area (Å²) in [7, 11) is 0. The van der Waals surface area contributed by atoms with Crippen molar-refractivity contribution < 1.29 is 14.6 Å². The first-order chi connectivity index (χ1) is 12.4. The second-order valence-corrected chi connectivity index (χ2v) is 7.25. The van der Waals surface area contributed by atoms with Gasteiger partial charge in [-0.25, -0.2) is 0 Å². The highest BCUT2D eigenvalue weighted by Crippen LogP contribution is 2.17. The zero-order valence-corrected chi connectivity index (χ0v) is 15.9. The minimum atomic E-state index is -0.464. The standard InChI is InChI=1S/C19H29N3O4/c1-4-22-14(3)10-13(2)17(19(22)25)18(24)21-7-5-6-20(8-9-21)15-11-26-12-16(15)23/h10,15-16,23H,4-9,11-12H2,1-3H3/t15-,16-/m0/s1. The molecule has 3 rings (SSSR count). The molecule has 2 fully saturated rings. The molecule has 26 heavy (non-hydrogen) atoms. The van der Waals surface area contributed by atoms with Crippen LogP contribution in [0.1, 0.15) is 35.0 Å². The quantitative estimate of drug-likeness (QED) is 0.841. The van der Waals surface area contributed by atoms with Gasteiger partial charge in [0.1, 0.15) is 5.56 Å². The van der Waals surface area contributed by atoms with Crippen LogP contribution in [-0.2, 0) is 11.3 Å². The fourth-order valence-corrected chi connectivity index (χ4v) is 4.09. The van der Waals surface area contributed by atoms with E-state index in [1.165, 1.54) is 0 Å². The van der Waals surface area contributed by atoms with Gasteiger partial charge in [-0.1, -0.05) is 0 Å². The van der Waals surface area contributed by atoms with Crippen molar-refractivity contribution in [1.82, 2.24) is 14.4 Å². The van der Waals surface area contributed by atoms with Crippen molar-refractivity contribution in [2.45, 2.75) is 45.9 Å². The van der Waals surface area contributed by atoms with Gasteiger partial charge in [0.2, 0.25) is 0 Å². The van der Waals surface area contributed by atoms with Crippen molar-refractivity contribution in [3.05, 3.63) is 33.2 Å². The van der Waals surface area contributed by atoms with Gasteiger partial charge in [-0.2, -0.15) is 0 Å². The molecule has 1 aromatic rings. The number of hydrogen-bond acceptors (Lipinski definition) is 5. The fraction of sp³-hybridized carbons (Fsp3) is 0.684. The topological polar surface area (TPSA) is 75.0 Å². The highest BCUT2D eigenvalue weighted by Gasteiger charge is 2.33. The van der Waals surface area contributed by atoms with E-state index in [4.69, 9.17) is 4.74 Å². The first kappa shape index (κ1) is 19.1. The summed E-state index contributed by atoms with van der Waals surface area (Å²) in [5.74, 6) is -0.181. The summed E-state index contributed by atoms with van der Waals surface area (Å²) >= 11 is 0. The van der Waals surface area contributed by atoms with Crippen molar-refractivity contribution in [2.24, 2.45) is 0 Å². The van der Waals surface area contributed by atoms with Crippen LogP contribution in [0.15, 0.2) is 10.9 Å². The number of carbonyl (C=O) groups excluding carboxylic acids is 1. The summed E-state index contributed by atoms with van der Waals surface area (Å²) in [6, 6.07) is 1.91. The molecule has 0 spiro atoms. The Morgan fingerprint density at radius 3 is 2.65 bits per heavy atom. The van der Waals surface area contributed by atoms with Crippen LogP contribution in [0.4, 0.5) is 0 Å². The van der Waals surface area contributed by atoms with E-state index in [-0.39, 0.29) is 23.1 Å². The molecule has 2 atom stereocenters. The lowest BCUT2D eigenvalue weighted by molar-refractivity contribution is 0.0722. The Morgan fingerprint density at radius 1 is 1.23 bits per heavy atom. The third-order valence-electron chi connectivity index (χ3n) is 5.54. The maximum absolute atomic E-state index is 13.1. The molecule has 0 aliphatic carbocycles. The maximum atomic E-state index is 13.1. The molecule has 7 heteroatoms. The number of amides is 1. The van der Waals surface area contributed by atoms with E-state index in [1.54, 1.807) is 9.47 Å². The zero-order chi connectivity index (χ0) is 18.8. The van der Waals surface area contributed by atoms with Crippen LogP contribution in [0, 0.1) is 13.8 Å². The van der Waals surface area contributed by atoms with E-state index >= 15 is 0 Å². The summed E-state index contributed by atoms with van der Waals surface area (Å²) in [5.41, 5.74) is 1.71. The largest absolute Gasteiger partial charge is 0.389 e. The van der Waals surface area contributed by atoms with Crippen LogP contribution >= 0.6 is 0 Å². The molecular weight excluding hydrogens is 334 g/mol. The van der Waals surface area contributed by atoms with Gasteiger partial charge >= 0.3 is 0 Å². The van der Waals surface area contributed by atoms with Gasteiger partial charge in [-0.05, 0) is 38.8 Å². The van der Waals surface area contributed by atoms with Gasteiger partial charge in [0, 0.05) is 38.4 Å². The second-order valence-electron chi connectivity index (χ2n) is 7.25. The average Bonchev–Trinajstić information content (AvgIpc) is 2.87. The van der Waals surface area contributed by atoms with Gasteiger partial charge in [-0.15, -0.1) is 0 Å². The molecule has 0 radical (unpaired) electrons. The number of carbonyl (C=O) groups is 1. The predicted molar refractivity (Wildman–Crippen MR) is 98.6 cm³/mol. The molecule has 2 aliphatic rings. The molecule has 7 nitrogen and oxygen atoms in total. The van der Waals surface area contributed by atoms with E-state index in [2.05, 4.69) is 4.90 Å². The van der Waals surface area contributed by atoms with Gasteiger partial charge in [0.15, 0.2) is 0 Å². The number of hydrogen-bond donors (Lipinski definition) is 1. The Bertz CT molecular complexity index is 730. The minimum Gasteiger partial charge on any atom is -0.389 e. The number of aliphatic hydroxyl groups is 1. The SMILES string of the molecule is CCn1c(C)cc(C)c(C(=O)N2CCCN([C@H]3COC[C@@H]3O)CC2)c1=O. The Hall–Kier alpha value is -1.70. The molecule has 1 amide bonds. The molecule has 3 heterocycles. The Balaban J connectivity index is 1.78. The lowest BCUT2D eigenvalue weighted by Crippen LogP contribution is -2.45. The molecule has 1 aromatic heterocycles. The van der Waals surface area contributed by atoms with Gasteiger partial charge in [0.05, 0.1) is 25.4 Å². The van der Waals surface area contributed by atoms with Crippen LogP contribution in [0.25, 0.3) is 0 Å². The van der Waals surface area contributed by atoms with Crippen molar-refractivity contribution in [1.29, 1.82) is 0 Å². The van der Waals surface area contributed by atoms with Crippen LogP contribution in [-0.4, -0.2) is 76.9 Å². The van der Waals surface area contributed by atoms with E-state index in [9.17, 15) is 14.7 Å². The highest BCUT2D eigenvalue weighted by molar-refractivity contribution is 5.95. The summed E-state index contributed by atoms with van der Waals surface area (Å²) in [5, 5.41) is 10.1. The van der Waals surface area contributed by atoms with Gasteiger partial charge in [0.25, 0.3) is 11.5 Å². The Kier molecular flexibility index (Phi) is 5.79. The molecule has 2 aliphatic heterocycles. The molecule has 2 saturated heterocycles. The van der Waals surface area contributed by atoms with Crippen LogP contribution < -0.4 is 5.56 Å². The molecule has 0 saturated carbocycles. The van der Waals surface area contributed by atoms with E-state index in [0.717, 1.165) is 24.2 Å². The molecule has 0 aromatic carbocycles. The molecule has 0 unspecified atom stereocenters. The third-order valence-corrected chi connectivity index (χ3v) is 5.54. The number of rotatable bonds is 3. The number of aromatic nitrogens is 1. The van der Waals surface area contributed by atoms with Crippen molar-refractivity contribution in [3.8, 4) is 0 Å². The number of aryl methyl sites for hydroxylation is 2. The number of pyridine rings is 1. The molecule has 1 N–H and O–H groups in total. The van der Waals surface area contributed by atoms with E-state index in [0.29, 0.717) is 39.4 Å². The number of ether oxygens (including phenoxy) is 1. The Labute approximate surface area is 154 Å². The lowest BCUT2D eigenvalue weighted by Gasteiger charge is -2.28. The Morgan fingerprint density at radius 2 is 2.00 bits per heavy atom. The monoisotopic (exact) mass is 363 g/mol. The number of aliphatic hydroxyl groups excluding tert-OH is 1. The molecule has 144 valence electrons. The van der Waals surface area contributed by atoms with Crippen molar-refractivity contribution in [3.63, 3.8) is 0 Å². The zero-order valence-electron chi connectivity index (χ0n) is 15.9. The predicted octanol–water partition coefficient (Wildman–Crippen LogP) is 0.393. The average molecular weight is 363 g/mol. The van der Waals surface area contributed by atoms with Crippen LogP contribution in [0.3, 0.4) is 0 Å². The van der Waals surface area contributed by atoms with E-state index in [1.807, 2.05) is 26.8 Å². The van der Waals surface area contributed by atoms with Crippen molar-refractivity contribution in [2.75, 3.05) is 39.4 Å². The summed E-state index contributed by atoms with van der Waals surface area (Å²) in [4.78, 5) is 29.9. The van der Waals surface area contributed by atoms with Crippen LogP contribution in [0.2, 0.25) is 0 Å². The molecular formula is C19H29N3O4. The smallest absolute Gasteiger partial charge is 0.263 e. The first-order valence-corrected chi connectivity index (χ1v) is 9.44. The maximum Gasteiger partial charge on any atom is 0.263 e. The normalized spacial score (nSPS) is 24.7. The van der Waals surface area contributed by atoms with Gasteiger partial charge in [-0.3, -0.25) is 14.5 Å².